The largest absolute Gasteiger partial charge is 0.454 e. The van der Waals surface area contributed by atoms with Crippen molar-refractivity contribution in [2.24, 2.45) is 0 Å². The predicted octanol–water partition coefficient (Wildman–Crippen LogP) is 2.10. The van der Waals surface area contributed by atoms with Crippen molar-refractivity contribution in [2.75, 3.05) is 18.2 Å². The fourth-order valence-electron chi connectivity index (χ4n) is 2.16. The number of fused-ring (bicyclic) bond motifs is 1. The van der Waals surface area contributed by atoms with E-state index >= 15 is 0 Å². The molecule has 1 aromatic carbocycles. The minimum atomic E-state index is 0.275. The van der Waals surface area contributed by atoms with Crippen LogP contribution in [0.15, 0.2) is 30.6 Å². The highest BCUT2D eigenvalue weighted by Gasteiger charge is 2.15. The Hall–Kier alpha value is -2.81. The average Bonchev–Trinajstić information content (AvgIpc) is 3.00. The van der Waals surface area contributed by atoms with E-state index < -0.39 is 0 Å². The molecule has 3 rings (SSSR count). The Balaban J connectivity index is 1.79. The van der Waals surface area contributed by atoms with Gasteiger partial charge in [0, 0.05) is 13.1 Å². The van der Waals surface area contributed by atoms with Gasteiger partial charge in [0.1, 0.15) is 11.9 Å². The molecule has 0 unspecified atom stereocenters. The first-order chi connectivity index (χ1) is 10.3. The molecule has 2 heterocycles. The van der Waals surface area contributed by atoms with Gasteiger partial charge in [0.15, 0.2) is 17.2 Å². The molecule has 1 aromatic heterocycles. The molecule has 0 aliphatic carbocycles. The first-order valence-corrected chi connectivity index (χ1v) is 6.65. The minimum absolute atomic E-state index is 0.275. The Morgan fingerprint density at radius 2 is 2.10 bits per heavy atom. The number of hydrogen-bond donors (Lipinski definition) is 0. The van der Waals surface area contributed by atoms with Gasteiger partial charge in [0.05, 0.1) is 12.4 Å². The maximum absolute atomic E-state index is 8.76. The van der Waals surface area contributed by atoms with E-state index in [1.54, 1.807) is 6.20 Å². The van der Waals surface area contributed by atoms with Gasteiger partial charge < -0.3 is 14.4 Å². The number of nitrogens with zero attached hydrogens (tertiary/aromatic N) is 4. The zero-order valence-electron chi connectivity index (χ0n) is 11.6. The highest BCUT2D eigenvalue weighted by molar-refractivity contribution is 5.46. The smallest absolute Gasteiger partial charge is 0.231 e. The third kappa shape index (κ3) is 2.72. The average molecular weight is 282 g/mol. The Labute approximate surface area is 122 Å². The third-order valence-corrected chi connectivity index (χ3v) is 3.27. The predicted molar refractivity (Wildman–Crippen MR) is 76.0 cm³/mol. The first kappa shape index (κ1) is 13.2. The molecule has 0 atom stereocenters. The van der Waals surface area contributed by atoms with Gasteiger partial charge in [-0.1, -0.05) is 6.07 Å². The van der Waals surface area contributed by atoms with E-state index in [4.69, 9.17) is 14.7 Å². The fourth-order valence-corrected chi connectivity index (χ4v) is 2.16. The molecule has 1 aliphatic heterocycles. The van der Waals surface area contributed by atoms with Crippen molar-refractivity contribution in [3.63, 3.8) is 0 Å². The number of nitriles is 1. The van der Waals surface area contributed by atoms with Crippen molar-refractivity contribution < 1.29 is 9.47 Å². The van der Waals surface area contributed by atoms with E-state index in [1.807, 2.05) is 31.2 Å². The number of benzene rings is 1. The van der Waals surface area contributed by atoms with E-state index in [0.29, 0.717) is 12.2 Å². The molecule has 0 amide bonds. The highest BCUT2D eigenvalue weighted by atomic mass is 16.7. The second-order valence-electron chi connectivity index (χ2n) is 4.57. The van der Waals surface area contributed by atoms with Gasteiger partial charge in [-0.25, -0.2) is 9.97 Å². The van der Waals surface area contributed by atoms with Gasteiger partial charge in [-0.3, -0.25) is 0 Å². The van der Waals surface area contributed by atoms with Crippen molar-refractivity contribution in [3.05, 3.63) is 41.9 Å². The summed E-state index contributed by atoms with van der Waals surface area (Å²) in [7, 11) is 0. The van der Waals surface area contributed by atoms with Gasteiger partial charge in [-0.15, -0.1) is 0 Å². The number of rotatable bonds is 4. The molecule has 0 bridgehead atoms. The normalized spacial score (nSPS) is 12.0. The molecule has 0 N–H and O–H groups in total. The molecular weight excluding hydrogens is 268 g/mol. The molecule has 106 valence electrons. The molecule has 2 aromatic rings. The third-order valence-electron chi connectivity index (χ3n) is 3.27. The topological polar surface area (TPSA) is 71.3 Å². The van der Waals surface area contributed by atoms with Crippen LogP contribution in [0.25, 0.3) is 0 Å². The molecule has 6 nitrogen and oxygen atoms in total. The standard InChI is InChI=1S/C15H14N4O2/c1-2-19(15-8-17-12(6-16)7-18-15)9-11-3-4-13-14(5-11)21-10-20-13/h3-5,7-8H,2,9-10H2,1H3. The van der Waals surface area contributed by atoms with Crippen LogP contribution in [0, 0.1) is 11.3 Å². The summed E-state index contributed by atoms with van der Waals surface area (Å²) in [4.78, 5) is 10.4. The van der Waals surface area contributed by atoms with E-state index in [-0.39, 0.29) is 6.79 Å². The van der Waals surface area contributed by atoms with Crippen LogP contribution in [0.1, 0.15) is 18.2 Å². The SMILES string of the molecule is CCN(Cc1ccc2c(c1)OCO2)c1cnc(C#N)cn1. The lowest BCUT2D eigenvalue weighted by Crippen LogP contribution is -2.23. The van der Waals surface area contributed by atoms with Gasteiger partial charge in [0.25, 0.3) is 0 Å². The maximum atomic E-state index is 8.76. The van der Waals surface area contributed by atoms with Crippen LogP contribution in [-0.2, 0) is 6.54 Å². The summed E-state index contributed by atoms with van der Waals surface area (Å²) in [5.41, 5.74) is 1.42. The van der Waals surface area contributed by atoms with Gasteiger partial charge in [-0.05, 0) is 24.6 Å². The van der Waals surface area contributed by atoms with Crippen molar-refractivity contribution >= 4 is 5.82 Å². The number of aromatic nitrogens is 2. The summed E-state index contributed by atoms with van der Waals surface area (Å²) < 4.78 is 10.7. The van der Waals surface area contributed by atoms with Gasteiger partial charge >= 0.3 is 0 Å². The Kier molecular flexibility index (Phi) is 3.56. The summed E-state index contributed by atoms with van der Waals surface area (Å²) in [5, 5.41) is 8.76. The monoisotopic (exact) mass is 282 g/mol. The lowest BCUT2D eigenvalue weighted by molar-refractivity contribution is 0.174. The Bertz CT molecular complexity index is 679. The molecule has 1 aliphatic rings. The zero-order valence-corrected chi connectivity index (χ0v) is 11.6. The van der Waals surface area contributed by atoms with Crippen LogP contribution in [0.4, 0.5) is 5.82 Å². The zero-order chi connectivity index (χ0) is 14.7. The molecule has 21 heavy (non-hydrogen) atoms. The van der Waals surface area contributed by atoms with Crippen LogP contribution in [-0.4, -0.2) is 23.3 Å². The summed E-state index contributed by atoms with van der Waals surface area (Å²) >= 11 is 0. The maximum Gasteiger partial charge on any atom is 0.231 e. The van der Waals surface area contributed by atoms with Crippen molar-refractivity contribution in [3.8, 4) is 17.6 Å². The van der Waals surface area contributed by atoms with Gasteiger partial charge in [0.2, 0.25) is 6.79 Å². The summed E-state index contributed by atoms with van der Waals surface area (Å²) in [5.74, 6) is 2.29. The van der Waals surface area contributed by atoms with E-state index in [0.717, 1.165) is 29.4 Å². The van der Waals surface area contributed by atoms with Crippen LogP contribution >= 0.6 is 0 Å². The number of ether oxygens (including phenoxy) is 2. The van der Waals surface area contributed by atoms with Crippen LogP contribution < -0.4 is 14.4 Å². The molecule has 0 saturated carbocycles. The molecule has 0 spiro atoms. The lowest BCUT2D eigenvalue weighted by atomic mass is 10.2. The van der Waals surface area contributed by atoms with Crippen molar-refractivity contribution in [2.45, 2.75) is 13.5 Å². The van der Waals surface area contributed by atoms with Gasteiger partial charge in [-0.2, -0.15) is 5.26 Å². The van der Waals surface area contributed by atoms with Crippen molar-refractivity contribution in [1.82, 2.24) is 9.97 Å². The molecule has 0 fully saturated rings. The fraction of sp³-hybridized carbons (Fsp3) is 0.267. The number of anilines is 1. The lowest BCUT2D eigenvalue weighted by Gasteiger charge is -2.21. The second kappa shape index (κ2) is 5.67. The van der Waals surface area contributed by atoms with E-state index in [1.165, 1.54) is 6.20 Å². The molecule has 0 radical (unpaired) electrons. The summed E-state index contributed by atoms with van der Waals surface area (Å²) in [6, 6.07) is 7.86. The van der Waals surface area contributed by atoms with E-state index in [9.17, 15) is 0 Å². The minimum Gasteiger partial charge on any atom is -0.454 e. The second-order valence-corrected chi connectivity index (χ2v) is 4.57. The van der Waals surface area contributed by atoms with Crippen LogP contribution in [0.3, 0.4) is 0 Å². The van der Waals surface area contributed by atoms with Crippen LogP contribution in [0.5, 0.6) is 11.5 Å². The highest BCUT2D eigenvalue weighted by Crippen LogP contribution is 2.33. The number of hydrogen-bond acceptors (Lipinski definition) is 6. The Morgan fingerprint density at radius 1 is 1.24 bits per heavy atom. The van der Waals surface area contributed by atoms with Crippen LogP contribution in [0.2, 0.25) is 0 Å². The first-order valence-electron chi connectivity index (χ1n) is 6.65. The molecular formula is C15H14N4O2. The Morgan fingerprint density at radius 3 is 2.81 bits per heavy atom. The summed E-state index contributed by atoms with van der Waals surface area (Å²) in [6.45, 7) is 3.80. The summed E-state index contributed by atoms with van der Waals surface area (Å²) in [6.07, 6.45) is 3.10. The van der Waals surface area contributed by atoms with E-state index in [2.05, 4.69) is 14.9 Å². The molecule has 0 saturated heterocycles. The quantitative estimate of drug-likeness (QED) is 0.855. The molecule has 6 heteroatoms. The van der Waals surface area contributed by atoms with Crippen molar-refractivity contribution in [1.29, 1.82) is 5.26 Å².